The number of imidazole rings is 1. The van der Waals surface area contributed by atoms with E-state index in [-0.39, 0.29) is 5.56 Å². The number of aliphatic imine (C=N–C) groups is 1. The Bertz CT molecular complexity index is 1450. The van der Waals surface area contributed by atoms with Gasteiger partial charge in [-0.25, -0.2) is 4.98 Å². The number of aromatic nitrogens is 4. The summed E-state index contributed by atoms with van der Waals surface area (Å²) >= 11 is 0. The van der Waals surface area contributed by atoms with Crippen LogP contribution in [0.2, 0.25) is 0 Å². The van der Waals surface area contributed by atoms with Gasteiger partial charge in [0.2, 0.25) is 0 Å². The Morgan fingerprint density at radius 2 is 1.97 bits per heavy atom. The lowest BCUT2D eigenvalue weighted by Crippen LogP contribution is -2.14. The van der Waals surface area contributed by atoms with E-state index in [2.05, 4.69) is 26.5 Å². The summed E-state index contributed by atoms with van der Waals surface area (Å²) in [5.41, 5.74) is 7.03. The summed E-state index contributed by atoms with van der Waals surface area (Å²) < 4.78 is 0. The highest BCUT2D eigenvalue weighted by molar-refractivity contribution is 6.35. The third-order valence-electron chi connectivity index (χ3n) is 5.28. The minimum absolute atomic E-state index is 0.189. The molecule has 2 N–H and O–H groups in total. The van der Waals surface area contributed by atoms with Crippen molar-refractivity contribution in [3.63, 3.8) is 0 Å². The van der Waals surface area contributed by atoms with E-state index in [0.29, 0.717) is 11.4 Å². The number of rotatable bonds is 2. The van der Waals surface area contributed by atoms with Crippen molar-refractivity contribution in [3.05, 3.63) is 88.8 Å². The predicted octanol–water partition coefficient (Wildman–Crippen LogP) is 4.64. The average Bonchev–Trinajstić information content (AvgIpc) is 3.19. The third kappa shape index (κ3) is 2.65. The average molecular weight is 393 g/mol. The summed E-state index contributed by atoms with van der Waals surface area (Å²) in [6.07, 6.45) is 5.21. The monoisotopic (exact) mass is 393 g/mol. The van der Waals surface area contributed by atoms with Crippen molar-refractivity contribution in [1.29, 1.82) is 0 Å². The van der Waals surface area contributed by atoms with E-state index in [1.54, 1.807) is 6.20 Å². The lowest BCUT2D eigenvalue weighted by atomic mass is 9.90. The van der Waals surface area contributed by atoms with Crippen molar-refractivity contribution in [2.24, 2.45) is 4.99 Å². The molecule has 0 amide bonds. The molecule has 3 aromatic heterocycles. The smallest absolute Gasteiger partial charge is 0.259 e. The van der Waals surface area contributed by atoms with Gasteiger partial charge in [0, 0.05) is 29.1 Å². The van der Waals surface area contributed by atoms with Crippen LogP contribution in [0.25, 0.3) is 39.1 Å². The van der Waals surface area contributed by atoms with Crippen LogP contribution in [0.3, 0.4) is 0 Å². The number of H-pyrrole nitrogens is 2. The summed E-state index contributed by atoms with van der Waals surface area (Å²) in [6.45, 7) is 7.71. The van der Waals surface area contributed by atoms with Crippen LogP contribution in [0, 0.1) is 6.92 Å². The molecule has 0 radical (unpaired) electrons. The Morgan fingerprint density at radius 1 is 1.10 bits per heavy atom. The summed E-state index contributed by atoms with van der Waals surface area (Å²) in [4.78, 5) is 32.9. The Kier molecular flexibility index (Phi) is 4.06. The highest BCUT2D eigenvalue weighted by atomic mass is 16.1. The van der Waals surface area contributed by atoms with Gasteiger partial charge in [-0.1, -0.05) is 24.3 Å². The molecule has 0 spiro atoms. The van der Waals surface area contributed by atoms with E-state index < -0.39 is 0 Å². The zero-order valence-corrected chi connectivity index (χ0v) is 16.7. The van der Waals surface area contributed by atoms with Gasteiger partial charge in [0.1, 0.15) is 5.82 Å². The Labute approximate surface area is 172 Å². The molecule has 6 nitrogen and oxygen atoms in total. The minimum atomic E-state index is -0.189. The second kappa shape index (κ2) is 6.77. The van der Waals surface area contributed by atoms with Crippen molar-refractivity contribution in [1.82, 2.24) is 19.9 Å². The number of hydrogen-bond donors (Lipinski definition) is 2. The molecule has 0 aliphatic heterocycles. The van der Waals surface area contributed by atoms with Crippen LogP contribution in [-0.4, -0.2) is 25.6 Å². The molecule has 3 heterocycles. The normalized spacial score (nSPS) is 15.4. The second-order valence-corrected chi connectivity index (χ2v) is 7.17. The van der Waals surface area contributed by atoms with Crippen LogP contribution >= 0.6 is 0 Å². The molecule has 146 valence electrons. The topological polar surface area (TPSA) is 86.8 Å². The molecule has 1 aliphatic carbocycles. The van der Waals surface area contributed by atoms with Gasteiger partial charge in [-0.3, -0.25) is 14.8 Å². The number of aromatic amines is 2. The van der Waals surface area contributed by atoms with Gasteiger partial charge >= 0.3 is 0 Å². The molecule has 0 fully saturated rings. The SMILES string of the molecule is C=C/N=C1\C(=C/C)c2[nH]c(-c3cc4cc(C)ccc4[nH]c3=O)nc2-c2cccnc21. The quantitative estimate of drug-likeness (QED) is 0.520. The fraction of sp³-hybridized carbons (Fsp3) is 0.0833. The second-order valence-electron chi connectivity index (χ2n) is 7.17. The fourth-order valence-corrected chi connectivity index (χ4v) is 3.93. The lowest BCUT2D eigenvalue weighted by Gasteiger charge is -2.18. The van der Waals surface area contributed by atoms with Crippen LogP contribution in [0.15, 0.2) is 71.2 Å². The molecule has 30 heavy (non-hydrogen) atoms. The Morgan fingerprint density at radius 3 is 2.77 bits per heavy atom. The van der Waals surface area contributed by atoms with Gasteiger partial charge in [0.05, 0.1) is 28.4 Å². The molecule has 6 heteroatoms. The van der Waals surface area contributed by atoms with Gasteiger partial charge in [-0.2, -0.15) is 0 Å². The van der Waals surface area contributed by atoms with E-state index in [1.165, 1.54) is 6.20 Å². The molecule has 4 aromatic rings. The lowest BCUT2D eigenvalue weighted by molar-refractivity contribution is 1.24. The number of allylic oxidation sites excluding steroid dienone is 2. The first-order valence-electron chi connectivity index (χ1n) is 9.66. The zero-order valence-electron chi connectivity index (χ0n) is 16.7. The molecule has 5 rings (SSSR count). The molecule has 1 aliphatic rings. The minimum Gasteiger partial charge on any atom is -0.337 e. The molecule has 0 atom stereocenters. The first kappa shape index (κ1) is 18.0. The number of benzene rings is 1. The van der Waals surface area contributed by atoms with Crippen molar-refractivity contribution in [3.8, 4) is 22.6 Å². The van der Waals surface area contributed by atoms with E-state index in [0.717, 1.165) is 50.4 Å². The van der Waals surface area contributed by atoms with Gasteiger partial charge in [0.25, 0.3) is 5.56 Å². The Balaban J connectivity index is 1.78. The molecular formula is C24H19N5O. The molecule has 0 bridgehead atoms. The number of hydrogen-bond acceptors (Lipinski definition) is 4. The highest BCUT2D eigenvalue weighted by Crippen LogP contribution is 2.38. The Hall–Kier alpha value is -4.06. The van der Waals surface area contributed by atoms with Crippen molar-refractivity contribution in [2.75, 3.05) is 0 Å². The van der Waals surface area contributed by atoms with E-state index in [9.17, 15) is 4.79 Å². The van der Waals surface area contributed by atoms with Gasteiger partial charge in [0.15, 0.2) is 0 Å². The molecular weight excluding hydrogens is 374 g/mol. The maximum absolute atomic E-state index is 12.8. The first-order valence-corrected chi connectivity index (χ1v) is 9.66. The molecule has 0 saturated heterocycles. The summed E-state index contributed by atoms with van der Waals surface area (Å²) in [5, 5.41) is 0.959. The maximum atomic E-state index is 12.8. The van der Waals surface area contributed by atoms with Crippen LogP contribution < -0.4 is 5.56 Å². The van der Waals surface area contributed by atoms with Gasteiger partial charge in [-0.15, -0.1) is 0 Å². The van der Waals surface area contributed by atoms with Gasteiger partial charge in [-0.05, 0) is 49.6 Å². The fourth-order valence-electron chi connectivity index (χ4n) is 3.93. The van der Waals surface area contributed by atoms with Crippen LogP contribution in [0.5, 0.6) is 0 Å². The van der Waals surface area contributed by atoms with E-state index >= 15 is 0 Å². The molecule has 1 aromatic carbocycles. The van der Waals surface area contributed by atoms with Gasteiger partial charge < -0.3 is 9.97 Å². The third-order valence-corrected chi connectivity index (χ3v) is 5.28. The van der Waals surface area contributed by atoms with Crippen LogP contribution in [0.4, 0.5) is 0 Å². The molecule has 0 saturated carbocycles. The van der Waals surface area contributed by atoms with E-state index in [4.69, 9.17) is 4.98 Å². The van der Waals surface area contributed by atoms with Crippen molar-refractivity contribution < 1.29 is 0 Å². The zero-order chi connectivity index (χ0) is 20.8. The number of pyridine rings is 2. The highest BCUT2D eigenvalue weighted by Gasteiger charge is 2.30. The number of fused-ring (bicyclic) bond motifs is 4. The maximum Gasteiger partial charge on any atom is 0.259 e. The predicted molar refractivity (Wildman–Crippen MR) is 121 cm³/mol. The van der Waals surface area contributed by atoms with Crippen molar-refractivity contribution >= 4 is 22.2 Å². The van der Waals surface area contributed by atoms with Crippen molar-refractivity contribution in [2.45, 2.75) is 13.8 Å². The number of aryl methyl sites for hydroxylation is 1. The van der Waals surface area contributed by atoms with E-state index in [1.807, 2.05) is 56.3 Å². The largest absolute Gasteiger partial charge is 0.337 e. The summed E-state index contributed by atoms with van der Waals surface area (Å²) in [6, 6.07) is 11.7. The number of nitrogens with one attached hydrogen (secondary N) is 2. The standard InChI is InChI=1S/C24H19N5O/c1-4-15-19(25-5-2)20-16(7-6-10-26-20)22-21(15)28-23(29-22)17-12-14-11-13(3)8-9-18(14)27-24(17)30/h4-12H,2H2,1,3H3,(H,27,30)(H,28,29)/b15-4+,25-19+. The van der Waals surface area contributed by atoms with Crippen LogP contribution in [0.1, 0.15) is 23.9 Å². The summed E-state index contributed by atoms with van der Waals surface area (Å²) in [7, 11) is 0. The van der Waals surface area contributed by atoms with Crippen LogP contribution in [-0.2, 0) is 0 Å². The molecule has 0 unspecified atom stereocenters. The first-order chi connectivity index (χ1) is 14.6. The number of nitrogens with zero attached hydrogens (tertiary/aromatic N) is 3. The summed E-state index contributed by atoms with van der Waals surface area (Å²) in [5.74, 6) is 0.513.